The van der Waals surface area contributed by atoms with Gasteiger partial charge in [-0.3, -0.25) is 0 Å². The smallest absolute Gasteiger partial charge is 0.0659 e. The Morgan fingerprint density at radius 2 is 2.47 bits per heavy atom. The highest BCUT2D eigenvalue weighted by atomic mass is 127. The van der Waals surface area contributed by atoms with Crippen LogP contribution in [0.5, 0.6) is 0 Å². The molecule has 2 nitrogen and oxygen atoms in total. The van der Waals surface area contributed by atoms with E-state index in [2.05, 4.69) is 40.9 Å². The van der Waals surface area contributed by atoms with Crippen LogP contribution in [0.4, 0.5) is 0 Å². The highest BCUT2D eigenvalue weighted by Crippen LogP contribution is 2.36. The fraction of sp³-hybridized carbons (Fsp3) is 0.692. The third kappa shape index (κ3) is 3.66. The largest absolute Gasteiger partial charge is 0.396 e. The van der Waals surface area contributed by atoms with Gasteiger partial charge in [0.1, 0.15) is 0 Å². The topological polar surface area (TPSA) is 32.3 Å². The maximum atomic E-state index is 8.91. The van der Waals surface area contributed by atoms with Gasteiger partial charge in [-0.2, -0.15) is 0 Å². The van der Waals surface area contributed by atoms with E-state index in [1.165, 1.54) is 27.7 Å². The third-order valence-corrected chi connectivity index (χ3v) is 5.39. The highest BCUT2D eigenvalue weighted by Gasteiger charge is 2.22. The predicted molar refractivity (Wildman–Crippen MR) is 81.6 cm³/mol. The molecule has 17 heavy (non-hydrogen) atoms. The molecule has 0 spiro atoms. The molecule has 1 heterocycles. The van der Waals surface area contributed by atoms with E-state index in [4.69, 9.17) is 5.11 Å². The standard InChI is InChI=1S/C13H20INOS/c1-9(5-6-16)8-15-11-3-2-4-12-10(11)7-13(14)17-12/h7,9,11,15-16H,2-6,8H2,1H3. The monoisotopic (exact) mass is 365 g/mol. The molecule has 2 atom stereocenters. The lowest BCUT2D eigenvalue weighted by molar-refractivity contribution is 0.256. The number of rotatable bonds is 5. The fourth-order valence-corrected chi connectivity index (χ4v) is 4.52. The maximum absolute atomic E-state index is 8.91. The minimum atomic E-state index is 0.301. The molecule has 0 amide bonds. The summed E-state index contributed by atoms with van der Waals surface area (Å²) in [6.45, 7) is 3.51. The van der Waals surface area contributed by atoms with E-state index in [9.17, 15) is 0 Å². The first-order chi connectivity index (χ1) is 8.20. The maximum Gasteiger partial charge on any atom is 0.0659 e. The van der Waals surface area contributed by atoms with Crippen LogP contribution in [0.3, 0.4) is 0 Å². The van der Waals surface area contributed by atoms with E-state index in [1.807, 2.05) is 11.3 Å². The Morgan fingerprint density at radius 1 is 1.65 bits per heavy atom. The first-order valence-electron chi connectivity index (χ1n) is 6.33. The van der Waals surface area contributed by atoms with Crippen LogP contribution in [0, 0.1) is 8.80 Å². The zero-order valence-corrected chi connectivity index (χ0v) is 13.2. The average Bonchev–Trinajstić information content (AvgIpc) is 2.67. The summed E-state index contributed by atoms with van der Waals surface area (Å²) in [6, 6.07) is 2.88. The number of hydrogen-bond acceptors (Lipinski definition) is 3. The van der Waals surface area contributed by atoms with Crippen molar-refractivity contribution in [3.8, 4) is 0 Å². The van der Waals surface area contributed by atoms with E-state index in [0.717, 1.165) is 13.0 Å². The number of hydrogen-bond donors (Lipinski definition) is 2. The molecule has 1 aliphatic carbocycles. The van der Waals surface area contributed by atoms with E-state index in [-0.39, 0.29) is 0 Å². The van der Waals surface area contributed by atoms with Gasteiger partial charge in [-0.1, -0.05) is 6.92 Å². The Hall–Kier alpha value is 0.350. The number of halogens is 1. The number of thiophene rings is 1. The lowest BCUT2D eigenvalue weighted by atomic mass is 9.93. The van der Waals surface area contributed by atoms with E-state index in [0.29, 0.717) is 18.6 Å². The normalized spacial score (nSPS) is 21.2. The second-order valence-electron chi connectivity index (χ2n) is 4.90. The van der Waals surface area contributed by atoms with Gasteiger partial charge in [0.2, 0.25) is 0 Å². The number of nitrogens with one attached hydrogen (secondary N) is 1. The summed E-state index contributed by atoms with van der Waals surface area (Å²) >= 11 is 4.37. The van der Waals surface area contributed by atoms with Gasteiger partial charge < -0.3 is 10.4 Å². The van der Waals surface area contributed by atoms with Crippen molar-refractivity contribution in [1.82, 2.24) is 5.32 Å². The Bertz CT molecular complexity index is 366. The van der Waals surface area contributed by atoms with Crippen molar-refractivity contribution in [3.63, 3.8) is 0 Å². The molecule has 0 aromatic carbocycles. The summed E-state index contributed by atoms with van der Waals surface area (Å²) in [5.41, 5.74) is 1.53. The molecule has 1 aliphatic rings. The van der Waals surface area contributed by atoms with Crippen molar-refractivity contribution < 1.29 is 5.11 Å². The lowest BCUT2D eigenvalue weighted by Crippen LogP contribution is -2.28. The number of fused-ring (bicyclic) bond motifs is 1. The minimum Gasteiger partial charge on any atom is -0.396 e. The van der Waals surface area contributed by atoms with Crippen LogP contribution in [0.2, 0.25) is 0 Å². The van der Waals surface area contributed by atoms with E-state index in [1.54, 1.807) is 4.88 Å². The summed E-state index contributed by atoms with van der Waals surface area (Å²) in [7, 11) is 0. The molecule has 2 N–H and O–H groups in total. The molecule has 1 aromatic rings. The summed E-state index contributed by atoms with van der Waals surface area (Å²) in [5, 5.41) is 12.6. The van der Waals surface area contributed by atoms with E-state index >= 15 is 0 Å². The van der Waals surface area contributed by atoms with Gasteiger partial charge in [-0.05, 0) is 72.4 Å². The van der Waals surface area contributed by atoms with Crippen LogP contribution in [0.1, 0.15) is 42.7 Å². The SMILES string of the molecule is CC(CCO)CNC1CCCc2sc(I)cc21. The molecule has 0 aliphatic heterocycles. The molecule has 0 bridgehead atoms. The van der Waals surface area contributed by atoms with Gasteiger partial charge in [-0.15, -0.1) is 11.3 Å². The average molecular weight is 365 g/mol. The molecule has 0 saturated carbocycles. The Labute approximate surface area is 121 Å². The van der Waals surface area contributed by atoms with Crippen molar-refractivity contribution in [2.45, 2.75) is 38.6 Å². The van der Waals surface area contributed by atoms with Crippen molar-refractivity contribution in [1.29, 1.82) is 0 Å². The Balaban J connectivity index is 1.94. The van der Waals surface area contributed by atoms with Gasteiger partial charge in [0.15, 0.2) is 0 Å². The van der Waals surface area contributed by atoms with Crippen LogP contribution >= 0.6 is 33.9 Å². The highest BCUT2D eigenvalue weighted by molar-refractivity contribution is 14.1. The molecule has 2 rings (SSSR count). The molecule has 1 aromatic heterocycles. The number of aliphatic hydroxyl groups excluding tert-OH is 1. The molecule has 0 radical (unpaired) electrons. The molecule has 0 fully saturated rings. The first-order valence-corrected chi connectivity index (χ1v) is 8.22. The third-order valence-electron chi connectivity index (χ3n) is 3.42. The van der Waals surface area contributed by atoms with Crippen LogP contribution in [0.15, 0.2) is 6.07 Å². The number of aryl methyl sites for hydroxylation is 1. The summed E-state index contributed by atoms with van der Waals surface area (Å²) in [6.07, 6.45) is 4.71. The van der Waals surface area contributed by atoms with Crippen molar-refractivity contribution in [2.75, 3.05) is 13.2 Å². The molecule has 2 unspecified atom stereocenters. The Morgan fingerprint density at radius 3 is 3.24 bits per heavy atom. The zero-order valence-electron chi connectivity index (χ0n) is 10.2. The van der Waals surface area contributed by atoms with Crippen LogP contribution in [-0.4, -0.2) is 18.3 Å². The molecule has 96 valence electrons. The molecule has 4 heteroatoms. The summed E-state index contributed by atoms with van der Waals surface area (Å²) in [5.74, 6) is 0.558. The van der Waals surface area contributed by atoms with Crippen molar-refractivity contribution in [3.05, 3.63) is 19.4 Å². The lowest BCUT2D eigenvalue weighted by Gasteiger charge is -2.25. The van der Waals surface area contributed by atoms with Crippen molar-refractivity contribution >= 4 is 33.9 Å². The van der Waals surface area contributed by atoms with Crippen molar-refractivity contribution in [2.24, 2.45) is 5.92 Å². The van der Waals surface area contributed by atoms with Crippen LogP contribution in [0.25, 0.3) is 0 Å². The second kappa shape index (κ2) is 6.50. The molecule has 0 saturated heterocycles. The van der Waals surface area contributed by atoms with Gasteiger partial charge in [-0.25, -0.2) is 0 Å². The molecular formula is C13H20INOS. The quantitative estimate of drug-likeness (QED) is 0.785. The Kier molecular flexibility index (Phi) is 5.26. The minimum absolute atomic E-state index is 0.301. The van der Waals surface area contributed by atoms with E-state index < -0.39 is 0 Å². The first kappa shape index (κ1) is 13.8. The summed E-state index contributed by atoms with van der Waals surface area (Å²) in [4.78, 5) is 1.58. The molecular weight excluding hydrogens is 345 g/mol. The number of aliphatic hydroxyl groups is 1. The van der Waals surface area contributed by atoms with Gasteiger partial charge in [0.05, 0.1) is 2.88 Å². The van der Waals surface area contributed by atoms with Gasteiger partial charge >= 0.3 is 0 Å². The second-order valence-corrected chi connectivity index (χ2v) is 7.93. The van der Waals surface area contributed by atoms with Gasteiger partial charge in [0, 0.05) is 17.5 Å². The van der Waals surface area contributed by atoms with Gasteiger partial charge in [0.25, 0.3) is 0 Å². The predicted octanol–water partition coefficient (Wildman–Crippen LogP) is 3.34. The van der Waals surface area contributed by atoms with Crippen LogP contribution < -0.4 is 5.32 Å². The summed E-state index contributed by atoms with van der Waals surface area (Å²) < 4.78 is 1.41. The zero-order chi connectivity index (χ0) is 12.3. The fourth-order valence-electron chi connectivity index (χ4n) is 2.40. The van der Waals surface area contributed by atoms with Crippen LogP contribution in [-0.2, 0) is 6.42 Å².